The summed E-state index contributed by atoms with van der Waals surface area (Å²) in [6.45, 7) is 4.10. The second-order valence-corrected chi connectivity index (χ2v) is 9.70. The Morgan fingerprint density at radius 2 is 1.56 bits per heavy atom. The first-order chi connectivity index (χ1) is 16.3. The third-order valence-electron chi connectivity index (χ3n) is 6.57. The van der Waals surface area contributed by atoms with Gasteiger partial charge in [0.25, 0.3) is 0 Å². The first kappa shape index (κ1) is 23.8. The van der Waals surface area contributed by atoms with Crippen molar-refractivity contribution in [2.24, 2.45) is 11.8 Å². The number of aliphatic carboxylic acids is 1. The molecule has 2 aliphatic rings. The van der Waals surface area contributed by atoms with Gasteiger partial charge in [-0.25, -0.2) is 4.79 Å². The summed E-state index contributed by atoms with van der Waals surface area (Å²) in [5, 5.41) is 14.7. The molecule has 0 bridgehead atoms. The van der Waals surface area contributed by atoms with Gasteiger partial charge in [0, 0.05) is 12.0 Å². The summed E-state index contributed by atoms with van der Waals surface area (Å²) < 4.78 is 5.61. The Morgan fingerprint density at radius 3 is 2.09 bits per heavy atom. The molecule has 4 rings (SSSR count). The van der Waals surface area contributed by atoms with Gasteiger partial charge in [-0.05, 0) is 53.4 Å². The summed E-state index contributed by atoms with van der Waals surface area (Å²) >= 11 is 0. The lowest BCUT2D eigenvalue weighted by Crippen LogP contribution is -2.51. The van der Waals surface area contributed by atoms with Crippen LogP contribution in [0.2, 0.25) is 0 Å². The van der Waals surface area contributed by atoms with Crippen molar-refractivity contribution in [3.63, 3.8) is 0 Å². The fourth-order valence-electron chi connectivity index (χ4n) is 4.79. The topological polar surface area (TPSA) is 105 Å². The number of carbonyl (C=O) groups is 3. The van der Waals surface area contributed by atoms with Gasteiger partial charge in [0.2, 0.25) is 5.91 Å². The van der Waals surface area contributed by atoms with Crippen LogP contribution in [0.15, 0.2) is 48.5 Å². The van der Waals surface area contributed by atoms with Crippen molar-refractivity contribution in [3.05, 3.63) is 59.7 Å². The number of fused-ring (bicyclic) bond motifs is 3. The monoisotopic (exact) mass is 464 g/mol. The molecule has 2 aromatic carbocycles. The second kappa shape index (κ2) is 10.3. The molecule has 0 heterocycles. The Bertz CT molecular complexity index is 1020. The van der Waals surface area contributed by atoms with Gasteiger partial charge in [-0.1, -0.05) is 62.4 Å². The minimum atomic E-state index is -0.942. The average molecular weight is 465 g/mol. The summed E-state index contributed by atoms with van der Waals surface area (Å²) in [6, 6.07) is 15.0. The highest BCUT2D eigenvalue weighted by Gasteiger charge is 2.36. The minimum absolute atomic E-state index is 0.0645. The standard InChI is InChI=1S/C27H32N2O5/c1-16(2)13-24(26(32)28-23(14-25(30)31)17-11-12-17)29-27(33)34-15-22-20-9-5-3-7-18(20)19-8-4-6-10-21(19)22/h3-10,16-17,22-24H,11-15H2,1-2H3,(H,28,32)(H,29,33)(H,30,31)/t23?,24-/m0/s1. The molecule has 3 N–H and O–H groups in total. The molecule has 0 aromatic heterocycles. The van der Waals surface area contributed by atoms with Crippen LogP contribution >= 0.6 is 0 Å². The van der Waals surface area contributed by atoms with E-state index in [9.17, 15) is 19.5 Å². The number of amides is 2. The van der Waals surface area contributed by atoms with Crippen molar-refractivity contribution in [2.45, 2.75) is 57.5 Å². The van der Waals surface area contributed by atoms with E-state index in [0.29, 0.717) is 6.42 Å². The fraction of sp³-hybridized carbons (Fsp3) is 0.444. The van der Waals surface area contributed by atoms with Gasteiger partial charge in [0.05, 0.1) is 6.42 Å². The smallest absolute Gasteiger partial charge is 0.407 e. The Hall–Kier alpha value is -3.35. The van der Waals surface area contributed by atoms with Gasteiger partial charge in [-0.15, -0.1) is 0 Å². The predicted molar refractivity (Wildman–Crippen MR) is 128 cm³/mol. The van der Waals surface area contributed by atoms with Gasteiger partial charge in [-0.3, -0.25) is 9.59 Å². The quantitative estimate of drug-likeness (QED) is 0.486. The summed E-state index contributed by atoms with van der Waals surface area (Å²) in [6.07, 6.45) is 1.49. The second-order valence-electron chi connectivity index (χ2n) is 9.70. The SMILES string of the molecule is CC(C)C[C@H](NC(=O)OCC1c2ccccc2-c2ccccc21)C(=O)NC(CC(=O)O)C1CC1. The van der Waals surface area contributed by atoms with Gasteiger partial charge in [0.15, 0.2) is 0 Å². The molecule has 7 heteroatoms. The highest BCUT2D eigenvalue weighted by Crippen LogP contribution is 2.44. The molecule has 7 nitrogen and oxygen atoms in total. The average Bonchev–Trinajstić information content (AvgIpc) is 3.59. The number of nitrogens with one attached hydrogen (secondary N) is 2. The van der Waals surface area contributed by atoms with E-state index in [1.54, 1.807) is 0 Å². The van der Waals surface area contributed by atoms with E-state index < -0.39 is 24.1 Å². The number of carboxylic acids is 1. The first-order valence-electron chi connectivity index (χ1n) is 12.0. The molecular weight excluding hydrogens is 432 g/mol. The van der Waals surface area contributed by atoms with Crippen LogP contribution in [0.5, 0.6) is 0 Å². The van der Waals surface area contributed by atoms with Crippen LogP contribution in [-0.4, -0.2) is 41.8 Å². The normalized spacial score (nSPS) is 16.3. The lowest BCUT2D eigenvalue weighted by Gasteiger charge is -2.24. The van der Waals surface area contributed by atoms with Gasteiger partial charge in [-0.2, -0.15) is 0 Å². The zero-order valence-corrected chi connectivity index (χ0v) is 19.6. The molecular formula is C27H32N2O5. The molecule has 1 fully saturated rings. The minimum Gasteiger partial charge on any atom is -0.481 e. The predicted octanol–water partition coefficient (Wildman–Crippen LogP) is 4.31. The van der Waals surface area contributed by atoms with Crippen molar-refractivity contribution in [1.29, 1.82) is 0 Å². The lowest BCUT2D eigenvalue weighted by atomic mass is 9.98. The summed E-state index contributed by atoms with van der Waals surface area (Å²) in [7, 11) is 0. The third kappa shape index (κ3) is 5.58. The van der Waals surface area contributed by atoms with E-state index in [4.69, 9.17) is 4.74 Å². The maximum absolute atomic E-state index is 13.0. The van der Waals surface area contributed by atoms with Gasteiger partial charge < -0.3 is 20.5 Å². The van der Waals surface area contributed by atoms with Crippen LogP contribution in [-0.2, 0) is 14.3 Å². The number of carbonyl (C=O) groups excluding carboxylic acids is 2. The first-order valence-corrected chi connectivity index (χ1v) is 12.0. The van der Waals surface area contributed by atoms with E-state index in [-0.39, 0.29) is 36.7 Å². The third-order valence-corrected chi connectivity index (χ3v) is 6.57. The Kier molecular flexibility index (Phi) is 7.20. The fourth-order valence-corrected chi connectivity index (χ4v) is 4.79. The zero-order valence-electron chi connectivity index (χ0n) is 19.6. The number of hydrogen-bond acceptors (Lipinski definition) is 4. The molecule has 2 atom stereocenters. The van der Waals surface area contributed by atoms with Crippen molar-refractivity contribution in [2.75, 3.05) is 6.61 Å². The highest BCUT2D eigenvalue weighted by atomic mass is 16.5. The van der Waals surface area contributed by atoms with Crippen LogP contribution in [0.4, 0.5) is 4.79 Å². The Balaban J connectivity index is 1.40. The number of alkyl carbamates (subject to hydrolysis) is 1. The maximum Gasteiger partial charge on any atom is 0.407 e. The molecule has 2 amide bonds. The summed E-state index contributed by atoms with van der Waals surface area (Å²) in [5.74, 6) is -1.02. The van der Waals surface area contributed by atoms with Crippen molar-refractivity contribution in [3.8, 4) is 11.1 Å². The van der Waals surface area contributed by atoms with Gasteiger partial charge >= 0.3 is 12.1 Å². The van der Waals surface area contributed by atoms with E-state index in [2.05, 4.69) is 34.9 Å². The summed E-state index contributed by atoms with van der Waals surface area (Å²) in [4.78, 5) is 36.9. The summed E-state index contributed by atoms with van der Waals surface area (Å²) in [5.41, 5.74) is 4.53. The van der Waals surface area contributed by atoms with Crippen LogP contribution in [0.3, 0.4) is 0 Å². The Labute approximate surface area is 199 Å². The van der Waals surface area contributed by atoms with E-state index in [1.165, 1.54) is 0 Å². The molecule has 2 aliphatic carbocycles. The number of ether oxygens (including phenoxy) is 1. The molecule has 0 spiro atoms. The van der Waals surface area contributed by atoms with E-state index in [0.717, 1.165) is 35.1 Å². The number of rotatable bonds is 10. The molecule has 34 heavy (non-hydrogen) atoms. The molecule has 0 saturated heterocycles. The van der Waals surface area contributed by atoms with Crippen molar-refractivity contribution >= 4 is 18.0 Å². The van der Waals surface area contributed by atoms with Crippen molar-refractivity contribution in [1.82, 2.24) is 10.6 Å². The van der Waals surface area contributed by atoms with Crippen LogP contribution in [0.25, 0.3) is 11.1 Å². The van der Waals surface area contributed by atoms with Crippen LogP contribution in [0, 0.1) is 11.8 Å². The molecule has 180 valence electrons. The molecule has 1 saturated carbocycles. The van der Waals surface area contributed by atoms with Crippen LogP contribution in [0.1, 0.15) is 56.6 Å². The van der Waals surface area contributed by atoms with Crippen LogP contribution < -0.4 is 10.6 Å². The maximum atomic E-state index is 13.0. The molecule has 1 unspecified atom stereocenters. The molecule has 0 aliphatic heterocycles. The van der Waals surface area contributed by atoms with Gasteiger partial charge in [0.1, 0.15) is 12.6 Å². The number of benzene rings is 2. The van der Waals surface area contributed by atoms with E-state index in [1.807, 2.05) is 38.1 Å². The number of hydrogen-bond donors (Lipinski definition) is 3. The largest absolute Gasteiger partial charge is 0.481 e. The Morgan fingerprint density at radius 1 is 0.971 bits per heavy atom. The molecule has 0 radical (unpaired) electrons. The lowest BCUT2D eigenvalue weighted by molar-refractivity contribution is -0.138. The highest BCUT2D eigenvalue weighted by molar-refractivity contribution is 5.86. The number of carboxylic acid groups (broad SMARTS) is 1. The van der Waals surface area contributed by atoms with Crippen molar-refractivity contribution < 1.29 is 24.2 Å². The molecule has 2 aromatic rings. The zero-order chi connectivity index (χ0) is 24.2. The van der Waals surface area contributed by atoms with E-state index >= 15 is 0 Å².